The van der Waals surface area contributed by atoms with Crippen molar-refractivity contribution in [3.63, 3.8) is 0 Å². The van der Waals surface area contributed by atoms with Gasteiger partial charge in [0.1, 0.15) is 0 Å². The minimum Gasteiger partial charge on any atom is -0.380 e. The van der Waals surface area contributed by atoms with Gasteiger partial charge >= 0.3 is 0 Å². The molecule has 2 nitrogen and oxygen atoms in total. The van der Waals surface area contributed by atoms with E-state index in [-0.39, 0.29) is 0 Å². The maximum absolute atomic E-state index is 5.85. The summed E-state index contributed by atoms with van der Waals surface area (Å²) in [4.78, 5) is 0. The fraction of sp³-hybridized carbons (Fsp3) is 0.875. The molecule has 0 aromatic heterocycles. The van der Waals surface area contributed by atoms with Crippen LogP contribution in [-0.4, -0.2) is 25.8 Å². The number of nitrogens with one attached hydrogen (secondary N) is 1. The highest BCUT2D eigenvalue weighted by atomic mass is 16.5. The molecule has 0 bridgehead atoms. The van der Waals surface area contributed by atoms with Crippen molar-refractivity contribution >= 4 is 0 Å². The van der Waals surface area contributed by atoms with Crippen LogP contribution in [0.15, 0.2) is 12.7 Å². The van der Waals surface area contributed by atoms with Crippen LogP contribution in [0.2, 0.25) is 0 Å². The first kappa shape index (κ1) is 15.7. The van der Waals surface area contributed by atoms with Crippen molar-refractivity contribution < 1.29 is 4.74 Å². The van der Waals surface area contributed by atoms with Crippen LogP contribution in [0.4, 0.5) is 0 Å². The summed E-state index contributed by atoms with van der Waals surface area (Å²) < 4.78 is 5.85. The second-order valence-corrected chi connectivity index (χ2v) is 5.48. The molecule has 0 aromatic rings. The van der Waals surface area contributed by atoms with Crippen LogP contribution < -0.4 is 5.32 Å². The van der Waals surface area contributed by atoms with E-state index in [2.05, 4.69) is 18.8 Å². The van der Waals surface area contributed by atoms with Crippen LogP contribution in [-0.2, 0) is 4.74 Å². The number of rotatable bonds is 9. The molecule has 2 unspecified atom stereocenters. The molecule has 0 amide bonds. The number of hydrogen-bond donors (Lipinski definition) is 1. The van der Waals surface area contributed by atoms with Crippen molar-refractivity contribution in [2.45, 2.75) is 70.4 Å². The molecule has 1 saturated carbocycles. The molecular weight excluding hydrogens is 222 g/mol. The molecule has 1 N–H and O–H groups in total. The Morgan fingerprint density at radius 2 is 2.06 bits per heavy atom. The molecule has 0 aromatic carbocycles. The highest BCUT2D eigenvalue weighted by molar-refractivity contribution is 4.85. The first-order valence-corrected chi connectivity index (χ1v) is 7.70. The molecule has 0 spiro atoms. The second-order valence-electron chi connectivity index (χ2n) is 5.48. The lowest BCUT2D eigenvalue weighted by atomic mass is 9.81. The van der Waals surface area contributed by atoms with Crippen LogP contribution in [0.25, 0.3) is 0 Å². The molecular formula is C16H31NO. The Hall–Kier alpha value is -0.340. The van der Waals surface area contributed by atoms with E-state index in [0.717, 1.165) is 18.9 Å². The third-order valence-electron chi connectivity index (χ3n) is 4.17. The predicted molar refractivity (Wildman–Crippen MR) is 78.9 cm³/mol. The average molecular weight is 253 g/mol. The van der Waals surface area contributed by atoms with Gasteiger partial charge in [-0.15, -0.1) is 6.58 Å². The third-order valence-corrected chi connectivity index (χ3v) is 4.17. The fourth-order valence-electron chi connectivity index (χ4n) is 3.27. The zero-order valence-corrected chi connectivity index (χ0v) is 12.3. The monoisotopic (exact) mass is 253 g/mol. The van der Waals surface area contributed by atoms with Crippen LogP contribution in [0.1, 0.15) is 58.3 Å². The number of methoxy groups -OCH3 is 1. The van der Waals surface area contributed by atoms with Crippen LogP contribution in [0, 0.1) is 5.92 Å². The van der Waals surface area contributed by atoms with E-state index in [1.165, 1.54) is 44.9 Å². The van der Waals surface area contributed by atoms with Gasteiger partial charge in [0, 0.05) is 13.2 Å². The van der Waals surface area contributed by atoms with Crippen LogP contribution in [0.3, 0.4) is 0 Å². The van der Waals surface area contributed by atoms with Crippen molar-refractivity contribution in [1.29, 1.82) is 0 Å². The number of ether oxygens (including phenoxy) is 1. The number of allylic oxidation sites excluding steroid dienone is 1. The van der Waals surface area contributed by atoms with E-state index in [0.29, 0.717) is 12.1 Å². The molecule has 18 heavy (non-hydrogen) atoms. The van der Waals surface area contributed by atoms with Crippen molar-refractivity contribution in [3.05, 3.63) is 12.7 Å². The lowest BCUT2D eigenvalue weighted by Gasteiger charge is -2.35. The molecule has 0 heterocycles. The molecule has 2 atom stereocenters. The van der Waals surface area contributed by atoms with Crippen LogP contribution in [0.5, 0.6) is 0 Å². The summed E-state index contributed by atoms with van der Waals surface area (Å²) in [5.41, 5.74) is 0. The van der Waals surface area contributed by atoms with Crippen molar-refractivity contribution in [2.75, 3.05) is 13.7 Å². The van der Waals surface area contributed by atoms with Crippen molar-refractivity contribution in [1.82, 2.24) is 5.32 Å². The molecule has 1 aliphatic carbocycles. The Labute approximate surface area is 113 Å². The van der Waals surface area contributed by atoms with Gasteiger partial charge in [0.15, 0.2) is 0 Å². The lowest BCUT2D eigenvalue weighted by Crippen LogP contribution is -2.45. The molecule has 1 fully saturated rings. The van der Waals surface area contributed by atoms with Crippen molar-refractivity contribution in [2.24, 2.45) is 5.92 Å². The van der Waals surface area contributed by atoms with E-state index < -0.39 is 0 Å². The predicted octanol–water partition coefficient (Wildman–Crippen LogP) is 3.92. The maximum Gasteiger partial charge on any atom is 0.0752 e. The standard InChI is InChI=1S/C16H31NO/c1-4-6-8-13-15(17-5-2)16(18-3)14-11-9-7-10-12-14/h4,14-17H,1,5-13H2,2-3H3. The Morgan fingerprint density at radius 1 is 1.33 bits per heavy atom. The molecule has 0 saturated heterocycles. The highest BCUT2D eigenvalue weighted by Gasteiger charge is 2.29. The van der Waals surface area contributed by atoms with E-state index in [9.17, 15) is 0 Å². The maximum atomic E-state index is 5.85. The molecule has 0 aliphatic heterocycles. The number of unbranched alkanes of at least 4 members (excludes halogenated alkanes) is 1. The number of hydrogen-bond acceptors (Lipinski definition) is 2. The first-order valence-electron chi connectivity index (χ1n) is 7.70. The fourth-order valence-corrected chi connectivity index (χ4v) is 3.27. The largest absolute Gasteiger partial charge is 0.380 e. The third kappa shape index (κ3) is 5.11. The van der Waals surface area contributed by atoms with Gasteiger partial charge in [-0.25, -0.2) is 0 Å². The Bertz CT molecular complexity index is 211. The Balaban J connectivity index is 2.51. The first-order chi connectivity index (χ1) is 8.83. The van der Waals surface area contributed by atoms with Gasteiger partial charge in [0.2, 0.25) is 0 Å². The normalized spacial score (nSPS) is 20.6. The summed E-state index contributed by atoms with van der Waals surface area (Å²) in [6.45, 7) is 7.03. The SMILES string of the molecule is C=CCCCC(NCC)C(OC)C1CCCCC1. The van der Waals surface area contributed by atoms with Gasteiger partial charge in [-0.05, 0) is 44.6 Å². The van der Waals surface area contributed by atoms with Gasteiger partial charge in [0.25, 0.3) is 0 Å². The summed E-state index contributed by atoms with van der Waals surface area (Å²) in [5.74, 6) is 0.761. The van der Waals surface area contributed by atoms with E-state index >= 15 is 0 Å². The van der Waals surface area contributed by atoms with Crippen LogP contribution >= 0.6 is 0 Å². The molecule has 0 radical (unpaired) electrons. The average Bonchev–Trinajstić information content (AvgIpc) is 2.41. The second kappa shape index (κ2) is 9.57. The minimum atomic E-state index is 0.398. The summed E-state index contributed by atoms with van der Waals surface area (Å²) >= 11 is 0. The Kier molecular flexibility index (Phi) is 8.36. The quantitative estimate of drug-likeness (QED) is 0.497. The summed E-state index contributed by atoms with van der Waals surface area (Å²) in [6, 6.07) is 0.517. The molecule has 1 aliphatic rings. The summed E-state index contributed by atoms with van der Waals surface area (Å²) in [7, 11) is 1.89. The van der Waals surface area contributed by atoms with Gasteiger partial charge in [0.05, 0.1) is 6.10 Å². The summed E-state index contributed by atoms with van der Waals surface area (Å²) in [6.07, 6.45) is 12.8. The van der Waals surface area contributed by atoms with E-state index in [1.54, 1.807) is 0 Å². The van der Waals surface area contributed by atoms with Gasteiger partial charge in [-0.2, -0.15) is 0 Å². The van der Waals surface area contributed by atoms with Gasteiger partial charge < -0.3 is 10.1 Å². The topological polar surface area (TPSA) is 21.3 Å². The molecule has 106 valence electrons. The van der Waals surface area contributed by atoms with Gasteiger partial charge in [-0.1, -0.05) is 32.3 Å². The zero-order chi connectivity index (χ0) is 13.2. The zero-order valence-electron chi connectivity index (χ0n) is 12.3. The lowest BCUT2D eigenvalue weighted by molar-refractivity contribution is 0.00610. The van der Waals surface area contributed by atoms with Crippen molar-refractivity contribution in [3.8, 4) is 0 Å². The van der Waals surface area contributed by atoms with E-state index in [1.807, 2.05) is 13.2 Å². The van der Waals surface area contributed by atoms with E-state index in [4.69, 9.17) is 4.74 Å². The summed E-state index contributed by atoms with van der Waals surface area (Å²) in [5, 5.41) is 3.63. The smallest absolute Gasteiger partial charge is 0.0752 e. The van der Waals surface area contributed by atoms with Gasteiger partial charge in [-0.3, -0.25) is 0 Å². The Morgan fingerprint density at radius 3 is 2.61 bits per heavy atom. The minimum absolute atomic E-state index is 0.398. The number of likely N-dealkylation sites (N-methyl/N-ethyl adjacent to an activating group) is 1. The highest BCUT2D eigenvalue weighted by Crippen LogP contribution is 2.30. The molecule has 2 heteroatoms. The molecule has 1 rings (SSSR count).